The van der Waals surface area contributed by atoms with Gasteiger partial charge in [-0.3, -0.25) is 9.59 Å². The van der Waals surface area contributed by atoms with Gasteiger partial charge >= 0.3 is 5.97 Å². The summed E-state index contributed by atoms with van der Waals surface area (Å²) in [6, 6.07) is 15.0. The molecule has 0 aliphatic heterocycles. The standard InChI is InChI=1S/C20H17N3O4/c1-27-20(26)14-4-2-3-5-17(14)23-19(25)16-10-15(16)18(24)22-13-8-6-12(11-21)7-9-13/h2-9,15-16H,10H2,1H3,(H,22,24)(H,23,25). The molecule has 3 rings (SSSR count). The van der Waals surface area contributed by atoms with Crippen LogP contribution in [0, 0.1) is 23.2 Å². The van der Waals surface area contributed by atoms with E-state index in [4.69, 9.17) is 10.00 Å². The van der Waals surface area contributed by atoms with Crippen molar-refractivity contribution in [1.29, 1.82) is 5.26 Å². The highest BCUT2D eigenvalue weighted by atomic mass is 16.5. The van der Waals surface area contributed by atoms with E-state index >= 15 is 0 Å². The molecule has 7 nitrogen and oxygen atoms in total. The minimum atomic E-state index is -0.545. The zero-order chi connectivity index (χ0) is 19.4. The van der Waals surface area contributed by atoms with Gasteiger partial charge in [0.25, 0.3) is 0 Å². The lowest BCUT2D eigenvalue weighted by Crippen LogP contribution is -2.21. The number of rotatable bonds is 5. The molecule has 1 saturated carbocycles. The van der Waals surface area contributed by atoms with Crippen LogP contribution in [0.25, 0.3) is 0 Å². The molecule has 136 valence electrons. The Hall–Kier alpha value is -3.66. The first-order valence-electron chi connectivity index (χ1n) is 8.32. The van der Waals surface area contributed by atoms with Gasteiger partial charge in [0.15, 0.2) is 0 Å². The van der Waals surface area contributed by atoms with Crippen LogP contribution in [0.1, 0.15) is 22.3 Å². The van der Waals surface area contributed by atoms with Crippen molar-refractivity contribution >= 4 is 29.2 Å². The second-order valence-electron chi connectivity index (χ2n) is 6.15. The zero-order valence-corrected chi connectivity index (χ0v) is 14.6. The summed E-state index contributed by atoms with van der Waals surface area (Å²) in [7, 11) is 1.27. The van der Waals surface area contributed by atoms with Crippen molar-refractivity contribution in [1.82, 2.24) is 0 Å². The number of hydrogen-bond donors (Lipinski definition) is 2. The number of methoxy groups -OCH3 is 1. The summed E-state index contributed by atoms with van der Waals surface area (Å²) in [4.78, 5) is 36.5. The van der Waals surface area contributed by atoms with Crippen molar-refractivity contribution in [2.24, 2.45) is 11.8 Å². The molecule has 0 heterocycles. The molecule has 2 unspecified atom stereocenters. The maximum absolute atomic E-state index is 12.4. The minimum absolute atomic E-state index is 0.249. The molecule has 0 saturated heterocycles. The Morgan fingerprint density at radius 2 is 1.63 bits per heavy atom. The van der Waals surface area contributed by atoms with Gasteiger partial charge in [-0.15, -0.1) is 0 Å². The van der Waals surface area contributed by atoms with Crippen molar-refractivity contribution in [3.8, 4) is 6.07 Å². The number of anilines is 2. The van der Waals surface area contributed by atoms with E-state index in [9.17, 15) is 14.4 Å². The molecule has 27 heavy (non-hydrogen) atoms. The van der Waals surface area contributed by atoms with Crippen molar-refractivity contribution in [2.75, 3.05) is 17.7 Å². The number of esters is 1. The van der Waals surface area contributed by atoms with E-state index in [2.05, 4.69) is 10.6 Å². The second-order valence-corrected chi connectivity index (χ2v) is 6.15. The summed E-state index contributed by atoms with van der Waals surface area (Å²) in [6.07, 6.45) is 0.439. The van der Waals surface area contributed by atoms with Gasteiger partial charge in [0, 0.05) is 5.69 Å². The molecular formula is C20H17N3O4. The quantitative estimate of drug-likeness (QED) is 0.794. The van der Waals surface area contributed by atoms with Crippen LogP contribution >= 0.6 is 0 Å². The number of amides is 2. The number of carbonyl (C=O) groups excluding carboxylic acids is 3. The number of hydrogen-bond acceptors (Lipinski definition) is 5. The zero-order valence-electron chi connectivity index (χ0n) is 14.6. The van der Waals surface area contributed by atoms with E-state index in [1.54, 1.807) is 48.5 Å². The normalized spacial score (nSPS) is 17.3. The van der Waals surface area contributed by atoms with Crippen molar-refractivity contribution < 1.29 is 19.1 Å². The molecule has 1 aliphatic carbocycles. The van der Waals surface area contributed by atoms with E-state index in [0.717, 1.165) is 0 Å². The lowest BCUT2D eigenvalue weighted by molar-refractivity contribution is -0.122. The third kappa shape index (κ3) is 4.12. The Labute approximate surface area is 155 Å². The molecule has 2 atom stereocenters. The molecule has 1 fully saturated rings. The highest BCUT2D eigenvalue weighted by molar-refractivity contribution is 6.06. The van der Waals surface area contributed by atoms with Crippen LogP contribution in [0.5, 0.6) is 0 Å². The number of para-hydroxylation sites is 1. The van der Waals surface area contributed by atoms with Crippen LogP contribution in [0.4, 0.5) is 11.4 Å². The van der Waals surface area contributed by atoms with Gasteiger partial charge in [-0.25, -0.2) is 4.79 Å². The van der Waals surface area contributed by atoms with Gasteiger partial charge < -0.3 is 15.4 Å². The first-order chi connectivity index (χ1) is 13.0. The first-order valence-corrected chi connectivity index (χ1v) is 8.32. The summed E-state index contributed by atoms with van der Waals surface area (Å²) in [5.74, 6) is -1.98. The molecule has 2 aromatic carbocycles. The fourth-order valence-corrected chi connectivity index (χ4v) is 2.74. The molecule has 0 radical (unpaired) electrons. The fraction of sp³-hybridized carbons (Fsp3) is 0.200. The smallest absolute Gasteiger partial charge is 0.339 e. The monoisotopic (exact) mass is 363 g/mol. The molecule has 0 aromatic heterocycles. The van der Waals surface area contributed by atoms with Gasteiger partial charge in [0.1, 0.15) is 0 Å². The first kappa shape index (κ1) is 18.1. The number of carbonyl (C=O) groups is 3. The summed E-state index contributed by atoms with van der Waals surface area (Å²) >= 11 is 0. The number of nitriles is 1. The number of ether oxygens (including phenoxy) is 1. The Bertz CT molecular complexity index is 931. The third-order valence-corrected chi connectivity index (χ3v) is 4.34. The molecule has 7 heteroatoms. The van der Waals surface area contributed by atoms with Gasteiger partial charge in [-0.1, -0.05) is 12.1 Å². The summed E-state index contributed by atoms with van der Waals surface area (Å²) in [6.45, 7) is 0. The summed E-state index contributed by atoms with van der Waals surface area (Å²) in [5, 5.41) is 14.2. The van der Waals surface area contributed by atoms with Crippen LogP contribution in [-0.2, 0) is 14.3 Å². The maximum Gasteiger partial charge on any atom is 0.339 e. The predicted molar refractivity (Wildman–Crippen MR) is 97.8 cm³/mol. The average Bonchev–Trinajstić information content (AvgIpc) is 3.49. The number of benzene rings is 2. The van der Waals surface area contributed by atoms with Gasteiger partial charge in [-0.05, 0) is 42.8 Å². The Balaban J connectivity index is 1.60. The van der Waals surface area contributed by atoms with Crippen LogP contribution in [0.2, 0.25) is 0 Å². The van der Waals surface area contributed by atoms with Crippen LogP contribution in [-0.4, -0.2) is 24.9 Å². The molecule has 1 aliphatic rings. The van der Waals surface area contributed by atoms with Crippen molar-refractivity contribution in [3.63, 3.8) is 0 Å². The molecule has 2 N–H and O–H groups in total. The van der Waals surface area contributed by atoms with E-state index < -0.39 is 17.8 Å². The third-order valence-electron chi connectivity index (χ3n) is 4.34. The SMILES string of the molecule is COC(=O)c1ccccc1NC(=O)C1CC1C(=O)Nc1ccc(C#N)cc1. The Kier molecular flexibility index (Phi) is 5.18. The van der Waals surface area contributed by atoms with E-state index in [1.807, 2.05) is 6.07 Å². The maximum atomic E-state index is 12.4. The lowest BCUT2D eigenvalue weighted by Gasteiger charge is -2.09. The van der Waals surface area contributed by atoms with E-state index in [1.165, 1.54) is 7.11 Å². The summed E-state index contributed by atoms with van der Waals surface area (Å²) in [5.41, 5.74) is 1.68. The molecule has 0 spiro atoms. The molecular weight excluding hydrogens is 346 g/mol. The van der Waals surface area contributed by atoms with Crippen molar-refractivity contribution in [2.45, 2.75) is 6.42 Å². The Morgan fingerprint density at radius 3 is 2.26 bits per heavy atom. The summed E-state index contributed by atoms with van der Waals surface area (Å²) < 4.78 is 4.70. The predicted octanol–water partition coefficient (Wildman–Crippen LogP) is 2.56. The Morgan fingerprint density at radius 1 is 1.00 bits per heavy atom. The van der Waals surface area contributed by atoms with Gasteiger partial charge in [0.2, 0.25) is 11.8 Å². The topological polar surface area (TPSA) is 108 Å². The second kappa shape index (κ2) is 7.70. The van der Waals surface area contributed by atoms with E-state index in [0.29, 0.717) is 23.4 Å². The average molecular weight is 363 g/mol. The fourth-order valence-electron chi connectivity index (χ4n) is 2.74. The minimum Gasteiger partial charge on any atom is -0.465 e. The molecule has 2 amide bonds. The van der Waals surface area contributed by atoms with Crippen LogP contribution in [0.15, 0.2) is 48.5 Å². The molecule has 0 bridgehead atoms. The number of nitrogens with one attached hydrogen (secondary N) is 2. The number of nitrogens with zero attached hydrogens (tertiary/aromatic N) is 1. The lowest BCUT2D eigenvalue weighted by atomic mass is 10.1. The largest absolute Gasteiger partial charge is 0.465 e. The van der Waals surface area contributed by atoms with Gasteiger partial charge in [0.05, 0.1) is 41.8 Å². The van der Waals surface area contributed by atoms with Crippen LogP contribution < -0.4 is 10.6 Å². The molecule has 2 aromatic rings. The highest BCUT2D eigenvalue weighted by Gasteiger charge is 2.48. The van der Waals surface area contributed by atoms with Crippen molar-refractivity contribution in [3.05, 3.63) is 59.7 Å². The van der Waals surface area contributed by atoms with Crippen LogP contribution in [0.3, 0.4) is 0 Å². The van der Waals surface area contributed by atoms with Gasteiger partial charge in [-0.2, -0.15) is 5.26 Å². The van der Waals surface area contributed by atoms with E-state index in [-0.39, 0.29) is 17.4 Å². The highest BCUT2D eigenvalue weighted by Crippen LogP contribution is 2.40.